The van der Waals surface area contributed by atoms with E-state index in [4.69, 9.17) is 11.6 Å². The van der Waals surface area contributed by atoms with Gasteiger partial charge in [0.2, 0.25) is 0 Å². The molecule has 0 aliphatic heterocycles. The van der Waals surface area contributed by atoms with Gasteiger partial charge in [-0.3, -0.25) is 0 Å². The van der Waals surface area contributed by atoms with Gasteiger partial charge in [0, 0.05) is 27.9 Å². The summed E-state index contributed by atoms with van der Waals surface area (Å²) in [6.07, 6.45) is 0. The third-order valence-corrected chi connectivity index (χ3v) is 3.97. The summed E-state index contributed by atoms with van der Waals surface area (Å²) in [6, 6.07) is 7.91. The molecular formula is C15H18ClN3S. The lowest BCUT2D eigenvalue weighted by Gasteiger charge is -2.10. The second-order valence-electron chi connectivity index (χ2n) is 4.57. The van der Waals surface area contributed by atoms with E-state index in [1.54, 1.807) is 11.8 Å². The zero-order chi connectivity index (χ0) is 14.5. The molecule has 106 valence electrons. The van der Waals surface area contributed by atoms with E-state index >= 15 is 0 Å². The Kier molecular flexibility index (Phi) is 5.40. The molecule has 0 saturated heterocycles. The van der Waals surface area contributed by atoms with Crippen molar-refractivity contribution in [2.24, 2.45) is 0 Å². The minimum atomic E-state index is 0.753. The molecule has 3 nitrogen and oxygen atoms in total. The molecule has 1 heterocycles. The lowest BCUT2D eigenvalue weighted by atomic mass is 10.2. The topological polar surface area (TPSA) is 37.8 Å². The number of halogens is 1. The predicted octanol–water partition coefficient (Wildman–Crippen LogP) is 4.01. The van der Waals surface area contributed by atoms with Crippen molar-refractivity contribution in [3.8, 4) is 0 Å². The van der Waals surface area contributed by atoms with Crippen molar-refractivity contribution in [1.29, 1.82) is 0 Å². The molecule has 1 aromatic heterocycles. The molecule has 0 radical (unpaired) electrons. The van der Waals surface area contributed by atoms with E-state index < -0.39 is 0 Å². The van der Waals surface area contributed by atoms with Gasteiger partial charge in [0.1, 0.15) is 0 Å². The van der Waals surface area contributed by atoms with Gasteiger partial charge in [-0.2, -0.15) is 0 Å². The van der Waals surface area contributed by atoms with E-state index in [0.29, 0.717) is 0 Å². The van der Waals surface area contributed by atoms with Crippen LogP contribution in [-0.4, -0.2) is 16.5 Å². The average molecular weight is 308 g/mol. The third-order valence-electron chi connectivity index (χ3n) is 2.75. The van der Waals surface area contributed by atoms with Gasteiger partial charge in [-0.25, -0.2) is 9.97 Å². The second-order valence-corrected chi connectivity index (χ2v) is 6.01. The zero-order valence-corrected chi connectivity index (χ0v) is 13.5. The third kappa shape index (κ3) is 4.20. The van der Waals surface area contributed by atoms with Crippen molar-refractivity contribution >= 4 is 23.4 Å². The molecule has 0 amide bonds. The second kappa shape index (κ2) is 7.07. The molecule has 0 saturated carbocycles. The van der Waals surface area contributed by atoms with Crippen LogP contribution in [0.25, 0.3) is 0 Å². The Labute approximate surface area is 129 Å². The fourth-order valence-electron chi connectivity index (χ4n) is 1.88. The maximum absolute atomic E-state index is 6.08. The lowest BCUT2D eigenvalue weighted by Crippen LogP contribution is -2.12. The van der Waals surface area contributed by atoms with Gasteiger partial charge in [0.15, 0.2) is 5.16 Å². The smallest absolute Gasteiger partial charge is 0.192 e. The fourth-order valence-corrected chi connectivity index (χ4v) is 3.05. The number of hydrogen-bond donors (Lipinski definition) is 1. The van der Waals surface area contributed by atoms with Crippen LogP contribution < -0.4 is 5.32 Å². The highest BCUT2D eigenvalue weighted by Crippen LogP contribution is 2.30. The molecule has 0 aliphatic rings. The summed E-state index contributed by atoms with van der Waals surface area (Å²) < 4.78 is 0. The predicted molar refractivity (Wildman–Crippen MR) is 84.5 cm³/mol. The molecule has 0 spiro atoms. The van der Waals surface area contributed by atoms with Crippen LogP contribution >= 0.6 is 23.4 Å². The van der Waals surface area contributed by atoms with Crippen molar-refractivity contribution in [1.82, 2.24) is 15.3 Å². The normalized spacial score (nSPS) is 10.8. The minimum Gasteiger partial charge on any atom is -0.313 e. The molecule has 0 bridgehead atoms. The number of benzene rings is 1. The van der Waals surface area contributed by atoms with Crippen LogP contribution in [0.1, 0.15) is 23.9 Å². The summed E-state index contributed by atoms with van der Waals surface area (Å²) in [7, 11) is 0. The molecule has 2 aromatic rings. The monoisotopic (exact) mass is 307 g/mol. The van der Waals surface area contributed by atoms with Gasteiger partial charge in [0.25, 0.3) is 0 Å². The van der Waals surface area contributed by atoms with Gasteiger partial charge < -0.3 is 5.32 Å². The van der Waals surface area contributed by atoms with Crippen molar-refractivity contribution < 1.29 is 0 Å². The molecule has 0 unspecified atom stereocenters. The van der Waals surface area contributed by atoms with E-state index in [0.717, 1.165) is 39.6 Å². The highest BCUT2D eigenvalue weighted by Gasteiger charge is 2.08. The Morgan fingerprint density at radius 2 is 1.85 bits per heavy atom. The number of aromatic nitrogens is 2. The Balaban J connectivity index is 2.27. The summed E-state index contributed by atoms with van der Waals surface area (Å²) in [5, 5.41) is 4.86. The van der Waals surface area contributed by atoms with Crippen LogP contribution in [-0.2, 0) is 6.54 Å². The molecule has 1 N–H and O–H groups in total. The first kappa shape index (κ1) is 15.3. The van der Waals surface area contributed by atoms with Crippen LogP contribution in [0.3, 0.4) is 0 Å². The van der Waals surface area contributed by atoms with Crippen molar-refractivity contribution in [3.05, 3.63) is 46.2 Å². The SMILES string of the molecule is CCNCc1cc(Cl)ccc1Sc1nc(C)cc(C)n1. The lowest BCUT2D eigenvalue weighted by molar-refractivity contribution is 0.717. The molecule has 0 aliphatic carbocycles. The number of hydrogen-bond acceptors (Lipinski definition) is 4. The van der Waals surface area contributed by atoms with Crippen LogP contribution in [0.4, 0.5) is 0 Å². The average Bonchev–Trinajstić information content (AvgIpc) is 2.38. The van der Waals surface area contributed by atoms with Gasteiger partial charge >= 0.3 is 0 Å². The highest BCUT2D eigenvalue weighted by atomic mass is 35.5. The van der Waals surface area contributed by atoms with Gasteiger partial charge in [0.05, 0.1) is 0 Å². The fraction of sp³-hybridized carbons (Fsp3) is 0.333. The van der Waals surface area contributed by atoms with Crippen molar-refractivity contribution in [2.75, 3.05) is 6.54 Å². The molecule has 0 atom stereocenters. The molecule has 1 aromatic carbocycles. The van der Waals surface area contributed by atoms with Crippen molar-refractivity contribution in [2.45, 2.75) is 37.4 Å². The molecule has 0 fully saturated rings. The Bertz CT molecular complexity index is 581. The molecule has 2 rings (SSSR count). The van der Waals surface area contributed by atoms with Crippen molar-refractivity contribution in [3.63, 3.8) is 0 Å². The van der Waals surface area contributed by atoms with Crippen LogP contribution in [0.2, 0.25) is 5.02 Å². The van der Waals surface area contributed by atoms with E-state index in [-0.39, 0.29) is 0 Å². The largest absolute Gasteiger partial charge is 0.313 e. The van der Waals surface area contributed by atoms with Gasteiger partial charge in [-0.15, -0.1) is 0 Å². The van der Waals surface area contributed by atoms with E-state index in [1.165, 1.54) is 5.56 Å². The maximum atomic E-state index is 6.08. The first-order valence-electron chi connectivity index (χ1n) is 6.57. The quantitative estimate of drug-likeness (QED) is 0.847. The van der Waals surface area contributed by atoms with E-state index in [2.05, 4.69) is 22.2 Å². The van der Waals surface area contributed by atoms with E-state index in [9.17, 15) is 0 Å². The zero-order valence-electron chi connectivity index (χ0n) is 11.9. The molecule has 20 heavy (non-hydrogen) atoms. The van der Waals surface area contributed by atoms with Crippen LogP contribution in [0.15, 0.2) is 34.3 Å². The van der Waals surface area contributed by atoms with Crippen LogP contribution in [0, 0.1) is 13.8 Å². The minimum absolute atomic E-state index is 0.753. The highest BCUT2D eigenvalue weighted by molar-refractivity contribution is 7.99. The summed E-state index contributed by atoms with van der Waals surface area (Å²) in [4.78, 5) is 10.1. The summed E-state index contributed by atoms with van der Waals surface area (Å²) >= 11 is 7.66. The van der Waals surface area contributed by atoms with Gasteiger partial charge in [-0.1, -0.05) is 18.5 Å². The Hall–Kier alpha value is -1.10. The van der Waals surface area contributed by atoms with Gasteiger partial charge in [-0.05, 0) is 62.0 Å². The maximum Gasteiger partial charge on any atom is 0.192 e. The first-order chi connectivity index (χ1) is 9.58. The first-order valence-corrected chi connectivity index (χ1v) is 7.77. The van der Waals surface area contributed by atoms with E-state index in [1.807, 2.05) is 38.1 Å². The number of rotatable bonds is 5. The summed E-state index contributed by atoms with van der Waals surface area (Å²) in [6.45, 7) is 7.78. The Morgan fingerprint density at radius 1 is 1.15 bits per heavy atom. The standard InChI is InChI=1S/C15H18ClN3S/c1-4-17-9-12-8-13(16)5-6-14(12)20-15-18-10(2)7-11(3)19-15/h5-8,17H,4,9H2,1-3H3. The number of nitrogens with zero attached hydrogens (tertiary/aromatic N) is 2. The Morgan fingerprint density at radius 3 is 2.50 bits per heavy atom. The summed E-state index contributed by atoms with van der Waals surface area (Å²) in [5.74, 6) is 0. The number of nitrogens with one attached hydrogen (secondary N) is 1. The summed E-state index contributed by atoms with van der Waals surface area (Å²) in [5.41, 5.74) is 3.15. The number of aryl methyl sites for hydroxylation is 2. The molecule has 5 heteroatoms. The van der Waals surface area contributed by atoms with Crippen LogP contribution in [0.5, 0.6) is 0 Å². The molecular weight excluding hydrogens is 290 g/mol.